The Morgan fingerprint density at radius 2 is 2.07 bits per heavy atom. The molecule has 2 atom stereocenters. The van der Waals surface area contributed by atoms with Crippen LogP contribution in [0.25, 0.3) is 0 Å². The molecule has 0 aromatic heterocycles. The summed E-state index contributed by atoms with van der Waals surface area (Å²) in [6.45, 7) is 0. The van der Waals surface area contributed by atoms with Crippen molar-refractivity contribution in [2.75, 3.05) is 0 Å². The molecule has 1 N–H and O–H groups in total. The fourth-order valence-electron chi connectivity index (χ4n) is 2.17. The van der Waals surface area contributed by atoms with Crippen molar-refractivity contribution in [3.63, 3.8) is 0 Å². The molecule has 0 aliphatic heterocycles. The van der Waals surface area contributed by atoms with Gasteiger partial charge in [-0.3, -0.25) is 0 Å². The SMILES string of the molecule is OC(Cc1ccccc1)C1C=CCCC1. The molecular weight excluding hydrogens is 184 g/mol. The van der Waals surface area contributed by atoms with Crippen LogP contribution in [0.15, 0.2) is 42.5 Å². The van der Waals surface area contributed by atoms with Gasteiger partial charge in [-0.2, -0.15) is 0 Å². The topological polar surface area (TPSA) is 20.2 Å². The van der Waals surface area contributed by atoms with Crippen molar-refractivity contribution in [1.82, 2.24) is 0 Å². The van der Waals surface area contributed by atoms with E-state index in [1.807, 2.05) is 18.2 Å². The Labute approximate surface area is 91.4 Å². The minimum absolute atomic E-state index is 0.219. The molecule has 80 valence electrons. The summed E-state index contributed by atoms with van der Waals surface area (Å²) in [5, 5.41) is 10.1. The third kappa shape index (κ3) is 2.93. The summed E-state index contributed by atoms with van der Waals surface area (Å²) in [7, 11) is 0. The molecule has 2 unspecified atom stereocenters. The van der Waals surface area contributed by atoms with Crippen LogP contribution in [0.2, 0.25) is 0 Å². The summed E-state index contributed by atoms with van der Waals surface area (Å²) >= 11 is 0. The highest BCUT2D eigenvalue weighted by atomic mass is 16.3. The van der Waals surface area contributed by atoms with E-state index in [1.54, 1.807) is 0 Å². The van der Waals surface area contributed by atoms with E-state index in [9.17, 15) is 5.11 Å². The van der Waals surface area contributed by atoms with Crippen LogP contribution in [0.4, 0.5) is 0 Å². The summed E-state index contributed by atoms with van der Waals surface area (Å²) in [5.74, 6) is 0.360. The number of aliphatic hydroxyl groups is 1. The van der Waals surface area contributed by atoms with E-state index in [0.717, 1.165) is 12.8 Å². The van der Waals surface area contributed by atoms with Gasteiger partial charge in [-0.1, -0.05) is 42.5 Å². The number of allylic oxidation sites excluding steroid dienone is 1. The van der Waals surface area contributed by atoms with Crippen molar-refractivity contribution in [2.24, 2.45) is 5.92 Å². The van der Waals surface area contributed by atoms with Crippen LogP contribution in [-0.2, 0) is 6.42 Å². The zero-order valence-corrected chi connectivity index (χ0v) is 8.97. The van der Waals surface area contributed by atoms with E-state index in [2.05, 4.69) is 24.3 Å². The van der Waals surface area contributed by atoms with Gasteiger partial charge >= 0.3 is 0 Å². The minimum Gasteiger partial charge on any atom is -0.392 e. The number of hydrogen-bond donors (Lipinski definition) is 1. The van der Waals surface area contributed by atoms with Crippen LogP contribution in [0.5, 0.6) is 0 Å². The molecule has 0 bridgehead atoms. The zero-order chi connectivity index (χ0) is 10.5. The van der Waals surface area contributed by atoms with Gasteiger partial charge in [0.15, 0.2) is 0 Å². The van der Waals surface area contributed by atoms with Gasteiger partial charge in [0.2, 0.25) is 0 Å². The van der Waals surface area contributed by atoms with Gasteiger partial charge in [0, 0.05) is 5.92 Å². The summed E-state index contributed by atoms with van der Waals surface area (Å²) in [4.78, 5) is 0. The van der Waals surface area contributed by atoms with Crippen molar-refractivity contribution in [3.05, 3.63) is 48.0 Å². The quantitative estimate of drug-likeness (QED) is 0.747. The van der Waals surface area contributed by atoms with E-state index in [0.29, 0.717) is 5.92 Å². The Bertz CT molecular complexity index is 315. The molecule has 1 nitrogen and oxygen atoms in total. The number of benzene rings is 1. The highest BCUT2D eigenvalue weighted by Gasteiger charge is 2.18. The van der Waals surface area contributed by atoms with Crippen LogP contribution in [0, 0.1) is 5.92 Å². The molecule has 1 aromatic rings. The van der Waals surface area contributed by atoms with Crippen LogP contribution >= 0.6 is 0 Å². The molecule has 0 heterocycles. The van der Waals surface area contributed by atoms with E-state index in [1.165, 1.54) is 18.4 Å². The molecule has 0 amide bonds. The third-order valence-corrected chi connectivity index (χ3v) is 3.07. The highest BCUT2D eigenvalue weighted by Crippen LogP contribution is 2.22. The van der Waals surface area contributed by atoms with Crippen molar-refractivity contribution in [3.8, 4) is 0 Å². The van der Waals surface area contributed by atoms with Crippen LogP contribution in [-0.4, -0.2) is 11.2 Å². The van der Waals surface area contributed by atoms with Crippen molar-refractivity contribution in [1.29, 1.82) is 0 Å². The molecule has 2 rings (SSSR count). The maximum Gasteiger partial charge on any atom is 0.0643 e. The van der Waals surface area contributed by atoms with Gasteiger partial charge in [0.05, 0.1) is 6.10 Å². The second-order valence-electron chi connectivity index (χ2n) is 4.28. The first kappa shape index (κ1) is 10.4. The zero-order valence-electron chi connectivity index (χ0n) is 8.97. The maximum absolute atomic E-state index is 10.1. The lowest BCUT2D eigenvalue weighted by Gasteiger charge is -2.22. The Kier molecular flexibility index (Phi) is 3.57. The fraction of sp³-hybridized carbons (Fsp3) is 0.429. The first-order valence-electron chi connectivity index (χ1n) is 5.75. The lowest BCUT2D eigenvalue weighted by atomic mass is 9.88. The first-order chi connectivity index (χ1) is 7.36. The van der Waals surface area contributed by atoms with Gasteiger partial charge in [-0.05, 0) is 31.2 Å². The van der Waals surface area contributed by atoms with Crippen molar-refractivity contribution < 1.29 is 5.11 Å². The molecule has 15 heavy (non-hydrogen) atoms. The van der Waals surface area contributed by atoms with E-state index >= 15 is 0 Å². The standard InChI is InChI=1S/C14H18O/c15-14(13-9-5-2-6-10-13)11-12-7-3-1-4-8-12/h1,3-5,7-9,13-15H,2,6,10-11H2. The molecule has 1 aromatic carbocycles. The monoisotopic (exact) mass is 202 g/mol. The lowest BCUT2D eigenvalue weighted by molar-refractivity contribution is 0.122. The number of rotatable bonds is 3. The normalized spacial score (nSPS) is 22.6. The Morgan fingerprint density at radius 1 is 1.27 bits per heavy atom. The molecular formula is C14H18O. The Hall–Kier alpha value is -1.08. The lowest BCUT2D eigenvalue weighted by Crippen LogP contribution is -2.22. The molecule has 0 fully saturated rings. The third-order valence-electron chi connectivity index (χ3n) is 3.07. The van der Waals surface area contributed by atoms with Crippen molar-refractivity contribution in [2.45, 2.75) is 31.8 Å². The smallest absolute Gasteiger partial charge is 0.0643 e. The predicted octanol–water partition coefficient (Wildman–Crippen LogP) is 2.95. The van der Waals surface area contributed by atoms with Gasteiger partial charge < -0.3 is 5.11 Å². The average molecular weight is 202 g/mol. The van der Waals surface area contributed by atoms with Crippen LogP contribution < -0.4 is 0 Å². The fourth-order valence-corrected chi connectivity index (χ4v) is 2.17. The Balaban J connectivity index is 1.94. The largest absolute Gasteiger partial charge is 0.392 e. The molecule has 1 aliphatic rings. The van der Waals surface area contributed by atoms with Gasteiger partial charge in [0.25, 0.3) is 0 Å². The highest BCUT2D eigenvalue weighted by molar-refractivity contribution is 5.16. The molecule has 0 saturated carbocycles. The number of hydrogen-bond acceptors (Lipinski definition) is 1. The first-order valence-corrected chi connectivity index (χ1v) is 5.75. The second kappa shape index (κ2) is 5.13. The molecule has 0 saturated heterocycles. The Morgan fingerprint density at radius 3 is 2.73 bits per heavy atom. The predicted molar refractivity (Wildman–Crippen MR) is 62.6 cm³/mol. The maximum atomic E-state index is 10.1. The summed E-state index contributed by atoms with van der Waals surface area (Å²) in [5.41, 5.74) is 1.23. The summed E-state index contributed by atoms with van der Waals surface area (Å²) in [6.07, 6.45) is 8.45. The molecule has 0 radical (unpaired) electrons. The molecule has 0 spiro atoms. The van der Waals surface area contributed by atoms with Gasteiger partial charge in [0.1, 0.15) is 0 Å². The van der Waals surface area contributed by atoms with E-state index in [-0.39, 0.29) is 6.10 Å². The summed E-state index contributed by atoms with van der Waals surface area (Å²) in [6, 6.07) is 10.2. The second-order valence-corrected chi connectivity index (χ2v) is 4.28. The van der Waals surface area contributed by atoms with E-state index < -0.39 is 0 Å². The van der Waals surface area contributed by atoms with Crippen molar-refractivity contribution >= 4 is 0 Å². The number of aliphatic hydroxyl groups excluding tert-OH is 1. The van der Waals surface area contributed by atoms with Gasteiger partial charge in [-0.25, -0.2) is 0 Å². The van der Waals surface area contributed by atoms with Gasteiger partial charge in [-0.15, -0.1) is 0 Å². The molecule has 1 heteroatoms. The average Bonchev–Trinajstić information content (AvgIpc) is 2.31. The van der Waals surface area contributed by atoms with Crippen LogP contribution in [0.1, 0.15) is 24.8 Å². The molecule has 1 aliphatic carbocycles. The minimum atomic E-state index is -0.219. The van der Waals surface area contributed by atoms with Crippen LogP contribution in [0.3, 0.4) is 0 Å². The van der Waals surface area contributed by atoms with E-state index in [4.69, 9.17) is 0 Å². The summed E-state index contributed by atoms with van der Waals surface area (Å²) < 4.78 is 0.